The van der Waals surface area contributed by atoms with Crippen LogP contribution in [0.25, 0.3) is 11.1 Å². The van der Waals surface area contributed by atoms with Crippen LogP contribution in [-0.4, -0.2) is 13.3 Å². The van der Waals surface area contributed by atoms with Gasteiger partial charge in [0.05, 0.1) is 7.11 Å². The average Bonchev–Trinajstić information content (AvgIpc) is 2.79. The van der Waals surface area contributed by atoms with Gasteiger partial charge in [-0.05, 0) is 71.5 Å². The van der Waals surface area contributed by atoms with Gasteiger partial charge >= 0.3 is 6.18 Å². The highest BCUT2D eigenvalue weighted by Crippen LogP contribution is 2.45. The maximum Gasteiger partial charge on any atom is 0.413 e. The lowest BCUT2D eigenvalue weighted by Gasteiger charge is -2.25. The molecular formula is C26H21F3O2. The van der Waals surface area contributed by atoms with Crippen molar-refractivity contribution in [1.82, 2.24) is 0 Å². The Hall–Kier alpha value is -3.47. The summed E-state index contributed by atoms with van der Waals surface area (Å²) in [5.41, 5.74) is 1.53. The molecule has 5 heteroatoms. The van der Waals surface area contributed by atoms with Crippen molar-refractivity contribution in [3.8, 4) is 17.2 Å². The summed E-state index contributed by atoms with van der Waals surface area (Å²) in [6, 6.07) is 23.2. The van der Waals surface area contributed by atoms with E-state index in [1.165, 1.54) is 7.11 Å². The zero-order valence-electron chi connectivity index (χ0n) is 16.9. The predicted molar refractivity (Wildman–Crippen MR) is 116 cm³/mol. The van der Waals surface area contributed by atoms with Crippen molar-refractivity contribution >= 4 is 11.1 Å². The molecule has 1 aliphatic carbocycles. The van der Waals surface area contributed by atoms with Gasteiger partial charge in [-0.1, -0.05) is 48.5 Å². The first-order valence-corrected chi connectivity index (χ1v) is 9.94. The number of alkyl halides is 3. The van der Waals surface area contributed by atoms with Crippen molar-refractivity contribution in [3.63, 3.8) is 0 Å². The third kappa shape index (κ3) is 4.66. The average molecular weight is 422 g/mol. The van der Waals surface area contributed by atoms with Gasteiger partial charge in [0.15, 0.2) is 0 Å². The number of halogens is 3. The fourth-order valence-corrected chi connectivity index (χ4v) is 3.71. The van der Waals surface area contributed by atoms with E-state index in [9.17, 15) is 13.2 Å². The number of hydrogen-bond acceptors (Lipinski definition) is 2. The van der Waals surface area contributed by atoms with Gasteiger partial charge in [-0.2, -0.15) is 13.2 Å². The van der Waals surface area contributed by atoms with Crippen LogP contribution in [0.5, 0.6) is 17.2 Å². The lowest BCUT2D eigenvalue weighted by Crippen LogP contribution is -2.17. The van der Waals surface area contributed by atoms with Gasteiger partial charge in [0, 0.05) is 5.57 Å². The molecule has 0 saturated carbocycles. The van der Waals surface area contributed by atoms with Crippen LogP contribution in [0.3, 0.4) is 0 Å². The molecule has 0 saturated heterocycles. The molecule has 0 radical (unpaired) electrons. The van der Waals surface area contributed by atoms with Gasteiger partial charge in [-0.25, -0.2) is 0 Å². The molecule has 0 heterocycles. The van der Waals surface area contributed by atoms with Gasteiger partial charge < -0.3 is 9.47 Å². The molecule has 0 bridgehead atoms. The van der Waals surface area contributed by atoms with E-state index >= 15 is 0 Å². The summed E-state index contributed by atoms with van der Waals surface area (Å²) < 4.78 is 52.6. The summed E-state index contributed by atoms with van der Waals surface area (Å²) in [5, 5.41) is 0. The molecule has 2 nitrogen and oxygen atoms in total. The van der Waals surface area contributed by atoms with Gasteiger partial charge in [-0.3, -0.25) is 0 Å². The van der Waals surface area contributed by atoms with Gasteiger partial charge in [0.25, 0.3) is 0 Å². The van der Waals surface area contributed by atoms with E-state index in [2.05, 4.69) is 0 Å². The minimum absolute atomic E-state index is 0.0381. The molecule has 0 aliphatic heterocycles. The van der Waals surface area contributed by atoms with E-state index in [4.69, 9.17) is 9.47 Å². The van der Waals surface area contributed by atoms with Crippen LogP contribution in [0.1, 0.15) is 24.0 Å². The zero-order chi connectivity index (χ0) is 21.8. The largest absolute Gasteiger partial charge is 0.497 e. The number of methoxy groups -OCH3 is 1. The molecule has 31 heavy (non-hydrogen) atoms. The second kappa shape index (κ2) is 8.72. The first kappa shape index (κ1) is 20.8. The number of hydrogen-bond donors (Lipinski definition) is 0. The quantitative estimate of drug-likeness (QED) is 0.420. The molecule has 0 spiro atoms. The van der Waals surface area contributed by atoms with Crippen molar-refractivity contribution in [2.45, 2.75) is 19.0 Å². The third-order valence-electron chi connectivity index (χ3n) is 5.18. The molecule has 0 amide bonds. The molecule has 158 valence electrons. The lowest BCUT2D eigenvalue weighted by atomic mass is 9.82. The molecule has 0 unspecified atom stereocenters. The summed E-state index contributed by atoms with van der Waals surface area (Å²) in [7, 11) is 1.53. The standard InChI is InChI=1S/C26H21F3O2/c1-30-20-14-12-19(13-15-20)25-23(8-5-9-24(25)26(27,28)29)18-10-16-22(17-11-18)31-21-6-3-2-4-7-21/h2-4,6-8,10-17H,5,9H2,1H3. The number of allylic oxidation sites excluding steroid dienone is 4. The molecule has 0 atom stereocenters. The maximum atomic E-state index is 13.9. The van der Waals surface area contributed by atoms with Crippen LogP contribution in [-0.2, 0) is 0 Å². The third-order valence-corrected chi connectivity index (χ3v) is 5.18. The van der Waals surface area contributed by atoms with Crippen LogP contribution in [0, 0.1) is 0 Å². The van der Waals surface area contributed by atoms with Crippen molar-refractivity contribution in [2.75, 3.05) is 7.11 Å². The molecule has 0 aromatic heterocycles. The van der Waals surface area contributed by atoms with Gasteiger partial charge in [0.2, 0.25) is 0 Å². The van der Waals surface area contributed by atoms with Crippen LogP contribution in [0.4, 0.5) is 13.2 Å². The van der Waals surface area contributed by atoms with Crippen LogP contribution >= 0.6 is 0 Å². The smallest absolute Gasteiger partial charge is 0.413 e. The van der Waals surface area contributed by atoms with Crippen molar-refractivity contribution in [1.29, 1.82) is 0 Å². The Kier molecular flexibility index (Phi) is 5.85. The minimum Gasteiger partial charge on any atom is -0.497 e. The molecule has 4 rings (SSSR count). The van der Waals surface area contributed by atoms with Crippen molar-refractivity contribution in [2.24, 2.45) is 0 Å². The number of ether oxygens (including phenoxy) is 2. The fourth-order valence-electron chi connectivity index (χ4n) is 3.71. The first-order valence-electron chi connectivity index (χ1n) is 9.94. The Balaban J connectivity index is 1.71. The number of para-hydroxylation sites is 1. The summed E-state index contributed by atoms with van der Waals surface area (Å²) in [6.07, 6.45) is -2.22. The molecule has 0 fully saturated rings. The second-order valence-corrected chi connectivity index (χ2v) is 7.18. The van der Waals surface area contributed by atoms with Crippen LogP contribution < -0.4 is 9.47 Å². The molecule has 3 aromatic rings. The topological polar surface area (TPSA) is 18.5 Å². The summed E-state index contributed by atoms with van der Waals surface area (Å²) in [5.74, 6) is 1.92. The molecule has 3 aromatic carbocycles. The van der Waals surface area contributed by atoms with E-state index in [1.54, 1.807) is 48.5 Å². The van der Waals surface area contributed by atoms with Gasteiger partial charge in [0.1, 0.15) is 17.2 Å². The highest BCUT2D eigenvalue weighted by Gasteiger charge is 2.38. The summed E-state index contributed by atoms with van der Waals surface area (Å²) >= 11 is 0. The monoisotopic (exact) mass is 422 g/mol. The first-order chi connectivity index (χ1) is 15.0. The lowest BCUT2D eigenvalue weighted by molar-refractivity contribution is -0.0932. The summed E-state index contributed by atoms with van der Waals surface area (Å²) in [4.78, 5) is 0. The number of benzene rings is 3. The zero-order valence-corrected chi connectivity index (χ0v) is 16.9. The number of rotatable bonds is 5. The normalized spacial score (nSPS) is 14.3. The van der Waals surface area contributed by atoms with Crippen LogP contribution in [0.2, 0.25) is 0 Å². The summed E-state index contributed by atoms with van der Waals surface area (Å²) in [6.45, 7) is 0. The maximum absolute atomic E-state index is 13.9. The Morgan fingerprint density at radius 2 is 1.29 bits per heavy atom. The predicted octanol–water partition coefficient (Wildman–Crippen LogP) is 7.68. The van der Waals surface area contributed by atoms with E-state index < -0.39 is 11.7 Å². The van der Waals surface area contributed by atoms with Crippen LogP contribution in [0.15, 0.2) is 90.5 Å². The van der Waals surface area contributed by atoms with E-state index in [0.29, 0.717) is 40.4 Å². The van der Waals surface area contributed by atoms with Crippen molar-refractivity contribution < 1.29 is 22.6 Å². The van der Waals surface area contributed by atoms with Gasteiger partial charge in [-0.15, -0.1) is 0 Å². The fraction of sp³-hybridized carbons (Fsp3) is 0.154. The Bertz CT molecular complexity index is 1090. The van der Waals surface area contributed by atoms with E-state index in [0.717, 1.165) is 0 Å². The van der Waals surface area contributed by atoms with Crippen molar-refractivity contribution in [3.05, 3.63) is 102 Å². The Labute approximate surface area is 179 Å². The highest BCUT2D eigenvalue weighted by molar-refractivity contribution is 6.07. The Morgan fingerprint density at radius 3 is 1.90 bits per heavy atom. The second-order valence-electron chi connectivity index (χ2n) is 7.18. The highest BCUT2D eigenvalue weighted by atomic mass is 19.4. The molecule has 0 N–H and O–H groups in total. The molecular weight excluding hydrogens is 401 g/mol. The minimum atomic E-state index is -4.40. The van der Waals surface area contributed by atoms with E-state index in [-0.39, 0.29) is 12.0 Å². The Morgan fingerprint density at radius 1 is 0.710 bits per heavy atom. The molecule has 1 aliphatic rings. The SMILES string of the molecule is COc1ccc(C2=C(C(F)(F)F)CCC=C2c2ccc(Oc3ccccc3)cc2)cc1. The van der Waals surface area contributed by atoms with E-state index in [1.807, 2.05) is 36.4 Å².